The van der Waals surface area contributed by atoms with Crippen LogP contribution in [-0.4, -0.2) is 90.4 Å². The number of imide groups is 2. The Morgan fingerprint density at radius 3 is 2.49 bits per heavy atom. The highest BCUT2D eigenvalue weighted by atomic mass is 16.2. The maximum atomic E-state index is 13.3. The lowest BCUT2D eigenvalue weighted by molar-refractivity contribution is -0.136. The van der Waals surface area contributed by atoms with Gasteiger partial charge in [0, 0.05) is 80.5 Å². The van der Waals surface area contributed by atoms with E-state index in [2.05, 4.69) is 32.4 Å². The van der Waals surface area contributed by atoms with Crippen LogP contribution >= 0.6 is 0 Å². The second kappa shape index (κ2) is 15.4. The van der Waals surface area contributed by atoms with Crippen molar-refractivity contribution in [2.45, 2.75) is 65.1 Å². The highest BCUT2D eigenvalue weighted by molar-refractivity contribution is 6.25. The van der Waals surface area contributed by atoms with E-state index in [9.17, 15) is 28.8 Å². The van der Waals surface area contributed by atoms with Crippen LogP contribution in [-0.2, 0) is 33.9 Å². The summed E-state index contributed by atoms with van der Waals surface area (Å²) in [6.07, 6.45) is 5.71. The van der Waals surface area contributed by atoms with E-state index in [4.69, 9.17) is 9.97 Å². The van der Waals surface area contributed by atoms with Crippen molar-refractivity contribution in [2.75, 3.05) is 25.0 Å². The van der Waals surface area contributed by atoms with E-state index in [0.29, 0.717) is 50.4 Å². The van der Waals surface area contributed by atoms with Gasteiger partial charge in [-0.05, 0) is 55.0 Å². The first kappa shape index (κ1) is 37.2. The van der Waals surface area contributed by atoms with Crippen LogP contribution in [0, 0.1) is 0 Å². The fourth-order valence-corrected chi connectivity index (χ4v) is 7.84. The van der Waals surface area contributed by atoms with Gasteiger partial charge in [-0.3, -0.25) is 49.0 Å². The van der Waals surface area contributed by atoms with E-state index in [0.717, 1.165) is 57.0 Å². The molecular formula is C42H41N9O6. The van der Waals surface area contributed by atoms with Gasteiger partial charge in [0.1, 0.15) is 17.6 Å². The molecule has 3 aromatic heterocycles. The van der Waals surface area contributed by atoms with Crippen molar-refractivity contribution in [3.63, 3.8) is 0 Å². The first-order chi connectivity index (χ1) is 27.6. The topological polar surface area (TPSA) is 189 Å². The predicted octanol–water partition coefficient (Wildman–Crippen LogP) is 4.11. The molecule has 3 aliphatic heterocycles. The first-order valence-electron chi connectivity index (χ1n) is 19.2. The Labute approximate surface area is 327 Å². The fourth-order valence-electron chi connectivity index (χ4n) is 7.84. The monoisotopic (exact) mass is 767 g/mol. The summed E-state index contributed by atoms with van der Waals surface area (Å²) in [5.74, 6) is -1.45. The van der Waals surface area contributed by atoms with Gasteiger partial charge in [-0.1, -0.05) is 31.2 Å². The molecule has 0 saturated carbocycles. The van der Waals surface area contributed by atoms with Crippen molar-refractivity contribution >= 4 is 51.9 Å². The summed E-state index contributed by atoms with van der Waals surface area (Å²) in [6, 6.07) is 15.5. The Morgan fingerprint density at radius 1 is 0.912 bits per heavy atom. The molecule has 15 nitrogen and oxygen atoms in total. The number of amides is 6. The number of imidazole rings is 1. The van der Waals surface area contributed by atoms with Gasteiger partial charge < -0.3 is 20.1 Å². The molecule has 3 aliphatic rings. The minimum absolute atomic E-state index is 0.0500. The zero-order valence-corrected chi connectivity index (χ0v) is 31.6. The van der Waals surface area contributed by atoms with Gasteiger partial charge in [0.25, 0.3) is 17.7 Å². The number of unbranched alkanes of at least 4 members (excludes halogenated alkanes) is 1. The summed E-state index contributed by atoms with van der Waals surface area (Å²) >= 11 is 0. The maximum Gasteiger partial charge on any atom is 0.269 e. The van der Waals surface area contributed by atoms with Gasteiger partial charge >= 0.3 is 0 Å². The van der Waals surface area contributed by atoms with Gasteiger partial charge in [0.15, 0.2) is 0 Å². The lowest BCUT2D eigenvalue weighted by Gasteiger charge is -2.28. The minimum Gasteiger partial charge on any atom is -0.384 e. The molecule has 6 heterocycles. The largest absolute Gasteiger partial charge is 0.384 e. The van der Waals surface area contributed by atoms with E-state index in [1.165, 1.54) is 0 Å². The van der Waals surface area contributed by atoms with Crippen molar-refractivity contribution < 1.29 is 28.8 Å². The number of benzene rings is 2. The number of piperidine rings is 1. The number of rotatable bonds is 11. The summed E-state index contributed by atoms with van der Waals surface area (Å²) in [7, 11) is 0. The molecule has 0 spiro atoms. The Kier molecular flexibility index (Phi) is 10.0. The standard InChI is InChI=1S/C42H41N9O6/c1-3-35-47-38(34-23-49(24(2)52)18-19-50(34)35)27-9-6-8-25-20-32(46-22-29(25)27)26-12-13-31(45-21-26)39(54)44-17-5-4-16-43-30-11-7-10-28-37(30)42(57)51(41(28)56)33-14-15-36(53)48-40(33)55/h6-13,20-22,33,43H,3-5,14-19,23H2,1-2H3,(H,44,54)(H,48,53,55). The Bertz CT molecular complexity index is 2480. The lowest BCUT2D eigenvalue weighted by atomic mass is 10.0. The predicted molar refractivity (Wildman–Crippen MR) is 210 cm³/mol. The number of nitrogens with zero attached hydrogens (tertiary/aromatic N) is 6. The SMILES string of the molecule is CCc1nc(-c2cccc3cc(-c4ccc(C(=O)NCCCCNc5cccc6c5C(=O)N(C5CCC(=O)NC5=O)C6=O)nc4)ncc23)c2n1CCN(C(C)=O)C2. The van der Waals surface area contributed by atoms with Crippen LogP contribution in [0.1, 0.15) is 82.3 Å². The first-order valence-corrected chi connectivity index (χ1v) is 19.2. The molecule has 5 aromatic rings. The van der Waals surface area contributed by atoms with Gasteiger partial charge in [-0.15, -0.1) is 0 Å². The number of hydrogen-bond donors (Lipinski definition) is 3. The summed E-state index contributed by atoms with van der Waals surface area (Å²) in [6.45, 7) is 6.47. The van der Waals surface area contributed by atoms with Crippen LogP contribution in [0.15, 0.2) is 67.0 Å². The number of aryl methyl sites for hydroxylation is 1. The van der Waals surface area contributed by atoms with Crippen LogP contribution in [0.3, 0.4) is 0 Å². The zero-order chi connectivity index (χ0) is 39.8. The molecule has 0 radical (unpaired) electrons. The van der Waals surface area contributed by atoms with E-state index >= 15 is 0 Å². The van der Waals surface area contributed by atoms with Crippen molar-refractivity contribution in [3.05, 3.63) is 95.3 Å². The molecule has 57 heavy (non-hydrogen) atoms. The number of carbonyl (C=O) groups is 6. The van der Waals surface area contributed by atoms with Crippen molar-refractivity contribution in [2.24, 2.45) is 0 Å². The maximum absolute atomic E-state index is 13.3. The number of aromatic nitrogens is 4. The number of hydrogen-bond acceptors (Lipinski definition) is 10. The number of nitrogens with one attached hydrogen (secondary N) is 3. The van der Waals surface area contributed by atoms with Crippen LogP contribution in [0.5, 0.6) is 0 Å². The molecule has 3 N–H and O–H groups in total. The van der Waals surface area contributed by atoms with Crippen molar-refractivity contribution in [3.8, 4) is 22.5 Å². The Morgan fingerprint density at radius 2 is 1.72 bits per heavy atom. The summed E-state index contributed by atoms with van der Waals surface area (Å²) in [5.41, 5.74) is 5.54. The molecule has 1 saturated heterocycles. The number of carbonyl (C=O) groups excluding carboxylic acids is 6. The molecular weight excluding hydrogens is 727 g/mol. The van der Waals surface area contributed by atoms with E-state index in [-0.39, 0.29) is 41.5 Å². The molecule has 1 atom stereocenters. The third kappa shape index (κ3) is 7.00. The quantitative estimate of drug-likeness (QED) is 0.130. The Hall–Kier alpha value is -6.77. The van der Waals surface area contributed by atoms with Crippen LogP contribution < -0.4 is 16.0 Å². The normalized spacial score (nSPS) is 16.4. The number of anilines is 1. The van der Waals surface area contributed by atoms with Crippen molar-refractivity contribution in [1.82, 2.24) is 40.0 Å². The van der Waals surface area contributed by atoms with Gasteiger partial charge in [0.2, 0.25) is 17.7 Å². The summed E-state index contributed by atoms with van der Waals surface area (Å²) < 4.78 is 2.24. The molecule has 290 valence electrons. The smallest absolute Gasteiger partial charge is 0.269 e. The van der Waals surface area contributed by atoms with Gasteiger partial charge in [0.05, 0.1) is 34.8 Å². The molecule has 8 rings (SSSR count). The summed E-state index contributed by atoms with van der Waals surface area (Å²) in [4.78, 5) is 92.6. The van der Waals surface area contributed by atoms with E-state index in [1.807, 2.05) is 41.4 Å². The third-order valence-corrected chi connectivity index (χ3v) is 10.8. The van der Waals surface area contributed by atoms with Gasteiger partial charge in [-0.25, -0.2) is 4.98 Å². The van der Waals surface area contributed by atoms with Gasteiger partial charge in [-0.2, -0.15) is 0 Å². The highest BCUT2D eigenvalue weighted by Crippen LogP contribution is 2.35. The second-order valence-electron chi connectivity index (χ2n) is 14.4. The average molecular weight is 768 g/mol. The third-order valence-electron chi connectivity index (χ3n) is 10.8. The highest BCUT2D eigenvalue weighted by Gasteiger charge is 2.45. The van der Waals surface area contributed by atoms with Crippen LogP contribution in [0.4, 0.5) is 5.69 Å². The molecule has 0 aliphatic carbocycles. The van der Waals surface area contributed by atoms with E-state index < -0.39 is 29.7 Å². The molecule has 2 aromatic carbocycles. The molecule has 0 bridgehead atoms. The minimum atomic E-state index is -1.03. The fraction of sp³-hybridized carbons (Fsp3) is 0.310. The molecule has 1 unspecified atom stereocenters. The zero-order valence-electron chi connectivity index (χ0n) is 31.6. The molecule has 15 heteroatoms. The van der Waals surface area contributed by atoms with Crippen LogP contribution in [0.2, 0.25) is 0 Å². The van der Waals surface area contributed by atoms with E-state index in [1.54, 1.807) is 37.4 Å². The summed E-state index contributed by atoms with van der Waals surface area (Å²) in [5, 5.41) is 10.3. The Balaban J connectivity index is 0.860. The van der Waals surface area contributed by atoms with Crippen LogP contribution in [0.25, 0.3) is 33.3 Å². The molecule has 1 fully saturated rings. The molecule has 6 amide bonds. The van der Waals surface area contributed by atoms with Crippen molar-refractivity contribution in [1.29, 1.82) is 0 Å². The number of fused-ring (bicyclic) bond motifs is 3. The second-order valence-corrected chi connectivity index (χ2v) is 14.4. The number of pyridine rings is 2. The average Bonchev–Trinajstić information content (AvgIpc) is 3.72. The lowest BCUT2D eigenvalue weighted by Crippen LogP contribution is -2.54.